The highest BCUT2D eigenvalue weighted by molar-refractivity contribution is 7.87. The number of rotatable bonds is 6. The second kappa shape index (κ2) is 8.21. The van der Waals surface area contributed by atoms with E-state index in [0.717, 1.165) is 0 Å². The Kier molecular flexibility index (Phi) is 5.57. The number of aromatic nitrogens is 4. The molecule has 11 heteroatoms. The zero-order valence-corrected chi connectivity index (χ0v) is 18.6. The standard InChI is InChI=1S/C21H19ClN4O5S/c1-11-17(20(27)25-23-11)19(18-12(2)24-26-21(18)28)13-3-7-15(8-4-13)31-32(29,30)16-9-5-14(22)6-10-16/h3-10,19H,1-2H3,(H2,23,25,27)(H2,24,26,28). The fourth-order valence-corrected chi connectivity index (χ4v) is 4.63. The molecule has 4 rings (SSSR count). The molecular formula is C21H19ClN4O5S. The fraction of sp³-hybridized carbons (Fsp3) is 0.143. The van der Waals surface area contributed by atoms with Crippen LogP contribution in [0.1, 0.15) is 34.0 Å². The number of benzene rings is 2. The third kappa shape index (κ3) is 4.02. The molecule has 0 amide bonds. The van der Waals surface area contributed by atoms with Crippen LogP contribution in [0.3, 0.4) is 0 Å². The highest BCUT2D eigenvalue weighted by atomic mass is 35.5. The zero-order valence-electron chi connectivity index (χ0n) is 17.0. The van der Waals surface area contributed by atoms with Crippen LogP contribution in [0.5, 0.6) is 5.75 Å². The van der Waals surface area contributed by atoms with Gasteiger partial charge in [-0.15, -0.1) is 0 Å². The van der Waals surface area contributed by atoms with Crippen molar-refractivity contribution in [3.05, 3.63) is 102 Å². The number of aromatic amines is 4. The van der Waals surface area contributed by atoms with E-state index in [4.69, 9.17) is 15.8 Å². The SMILES string of the molecule is Cc1[nH][nH]c(=O)c1C(c1ccc(OS(=O)(=O)c2ccc(Cl)cc2)cc1)c1c(C)[nH][nH]c1=O. The first-order chi connectivity index (χ1) is 15.2. The van der Waals surface area contributed by atoms with E-state index < -0.39 is 16.0 Å². The number of hydrogen-bond donors (Lipinski definition) is 4. The first-order valence-electron chi connectivity index (χ1n) is 9.51. The maximum Gasteiger partial charge on any atom is 0.339 e. The Labute approximate surface area is 187 Å². The minimum Gasteiger partial charge on any atom is -0.379 e. The minimum absolute atomic E-state index is 0.0344. The Morgan fingerprint density at radius 2 is 1.28 bits per heavy atom. The molecule has 0 saturated heterocycles. The van der Waals surface area contributed by atoms with Crippen LogP contribution in [-0.4, -0.2) is 28.8 Å². The number of H-pyrrole nitrogens is 4. The lowest BCUT2D eigenvalue weighted by Gasteiger charge is -2.16. The highest BCUT2D eigenvalue weighted by Gasteiger charge is 2.28. The summed E-state index contributed by atoms with van der Waals surface area (Å²) < 4.78 is 30.3. The van der Waals surface area contributed by atoms with Gasteiger partial charge in [-0.25, -0.2) is 0 Å². The molecule has 0 atom stereocenters. The van der Waals surface area contributed by atoms with Gasteiger partial charge in [0.25, 0.3) is 11.1 Å². The number of nitrogens with one attached hydrogen (secondary N) is 4. The van der Waals surface area contributed by atoms with Crippen LogP contribution in [0.15, 0.2) is 63.0 Å². The first kappa shape index (κ1) is 21.7. The van der Waals surface area contributed by atoms with E-state index >= 15 is 0 Å². The van der Waals surface area contributed by atoms with Gasteiger partial charge < -0.3 is 14.4 Å². The van der Waals surface area contributed by atoms with E-state index in [1.807, 2.05) is 0 Å². The summed E-state index contributed by atoms with van der Waals surface area (Å²) >= 11 is 5.81. The summed E-state index contributed by atoms with van der Waals surface area (Å²) in [6, 6.07) is 11.8. The molecule has 0 unspecified atom stereocenters. The Hall–Kier alpha value is -3.50. The normalized spacial score (nSPS) is 11.8. The molecule has 32 heavy (non-hydrogen) atoms. The average molecular weight is 475 g/mol. The van der Waals surface area contributed by atoms with Crippen molar-refractivity contribution >= 4 is 21.7 Å². The molecule has 0 radical (unpaired) electrons. The van der Waals surface area contributed by atoms with Gasteiger partial charge in [0.1, 0.15) is 10.6 Å². The van der Waals surface area contributed by atoms with Crippen molar-refractivity contribution in [1.29, 1.82) is 0 Å². The van der Waals surface area contributed by atoms with Crippen molar-refractivity contribution in [1.82, 2.24) is 20.4 Å². The van der Waals surface area contributed by atoms with Crippen molar-refractivity contribution < 1.29 is 12.6 Å². The molecule has 0 saturated carbocycles. The summed E-state index contributed by atoms with van der Waals surface area (Å²) in [5.74, 6) is -0.594. The third-order valence-corrected chi connectivity index (χ3v) is 6.64. The first-order valence-corrected chi connectivity index (χ1v) is 11.3. The van der Waals surface area contributed by atoms with Gasteiger partial charge in [0, 0.05) is 22.3 Å². The van der Waals surface area contributed by atoms with Crippen molar-refractivity contribution in [2.75, 3.05) is 0 Å². The number of halogens is 1. The van der Waals surface area contributed by atoms with Crippen molar-refractivity contribution in [3.63, 3.8) is 0 Å². The topological polar surface area (TPSA) is 141 Å². The predicted molar refractivity (Wildman–Crippen MR) is 119 cm³/mol. The summed E-state index contributed by atoms with van der Waals surface area (Å²) in [4.78, 5) is 24.9. The average Bonchev–Trinajstić information content (AvgIpc) is 3.26. The summed E-state index contributed by atoms with van der Waals surface area (Å²) in [5.41, 5.74) is 1.87. The van der Waals surface area contributed by atoms with Crippen LogP contribution in [-0.2, 0) is 10.1 Å². The number of hydrogen-bond acceptors (Lipinski definition) is 5. The monoisotopic (exact) mass is 474 g/mol. The van der Waals surface area contributed by atoms with E-state index in [1.165, 1.54) is 36.4 Å². The smallest absolute Gasteiger partial charge is 0.339 e. The second-order valence-electron chi connectivity index (χ2n) is 7.23. The quantitative estimate of drug-likeness (QED) is 0.318. The third-order valence-electron chi connectivity index (χ3n) is 5.12. The molecular weight excluding hydrogens is 456 g/mol. The summed E-state index contributed by atoms with van der Waals surface area (Å²) in [7, 11) is -4.06. The number of aryl methyl sites for hydroxylation is 2. The highest BCUT2D eigenvalue weighted by Crippen LogP contribution is 2.32. The molecule has 0 fully saturated rings. The van der Waals surface area contributed by atoms with Crippen LogP contribution in [0, 0.1) is 13.8 Å². The fourth-order valence-electron chi connectivity index (χ4n) is 3.58. The van der Waals surface area contributed by atoms with E-state index in [0.29, 0.717) is 33.1 Å². The molecule has 0 bridgehead atoms. The Morgan fingerprint density at radius 3 is 1.72 bits per heavy atom. The molecule has 166 valence electrons. The molecule has 0 aliphatic heterocycles. The molecule has 9 nitrogen and oxygen atoms in total. The van der Waals surface area contributed by atoms with E-state index in [2.05, 4.69) is 20.4 Å². The van der Waals surface area contributed by atoms with Crippen molar-refractivity contribution in [3.8, 4) is 5.75 Å². The van der Waals surface area contributed by atoms with Gasteiger partial charge in [-0.1, -0.05) is 23.7 Å². The lowest BCUT2D eigenvalue weighted by atomic mass is 9.85. The van der Waals surface area contributed by atoms with Crippen LogP contribution < -0.4 is 15.3 Å². The zero-order chi connectivity index (χ0) is 23.0. The Bertz CT molecular complexity index is 1420. The van der Waals surface area contributed by atoms with Crippen molar-refractivity contribution in [2.45, 2.75) is 24.7 Å². The molecule has 2 aromatic carbocycles. The lowest BCUT2D eigenvalue weighted by molar-refractivity contribution is 0.486. The van der Waals surface area contributed by atoms with Crippen LogP contribution in [0.25, 0.3) is 0 Å². The van der Waals surface area contributed by atoms with Gasteiger partial charge >= 0.3 is 10.1 Å². The van der Waals surface area contributed by atoms with Gasteiger partial charge in [-0.3, -0.25) is 19.8 Å². The largest absolute Gasteiger partial charge is 0.379 e. The molecule has 0 spiro atoms. The maximum absolute atomic E-state index is 12.5. The van der Waals surface area contributed by atoms with Gasteiger partial charge in [0.05, 0.1) is 11.1 Å². The molecule has 0 aliphatic rings. The van der Waals surface area contributed by atoms with Gasteiger partial charge in [0.2, 0.25) is 0 Å². The van der Waals surface area contributed by atoms with Gasteiger partial charge in [0.15, 0.2) is 0 Å². The predicted octanol–water partition coefficient (Wildman–Crippen LogP) is 2.94. The van der Waals surface area contributed by atoms with E-state index in [1.54, 1.807) is 26.0 Å². The minimum atomic E-state index is -4.06. The Balaban J connectivity index is 1.73. The van der Waals surface area contributed by atoms with Crippen molar-refractivity contribution in [2.24, 2.45) is 0 Å². The summed E-state index contributed by atoms with van der Waals surface area (Å²) in [5, 5.41) is 11.0. The van der Waals surface area contributed by atoms with Gasteiger partial charge in [-0.05, 0) is 55.8 Å². The van der Waals surface area contributed by atoms with Crippen LogP contribution in [0.4, 0.5) is 0 Å². The summed E-state index contributed by atoms with van der Waals surface area (Å²) in [6.07, 6.45) is 0. The van der Waals surface area contributed by atoms with E-state index in [9.17, 15) is 18.0 Å². The molecule has 2 heterocycles. The van der Waals surface area contributed by atoms with Gasteiger partial charge in [-0.2, -0.15) is 8.42 Å². The van der Waals surface area contributed by atoms with Crippen LogP contribution in [0.2, 0.25) is 5.02 Å². The second-order valence-corrected chi connectivity index (χ2v) is 9.21. The Morgan fingerprint density at radius 1 is 0.781 bits per heavy atom. The lowest BCUT2D eigenvalue weighted by Crippen LogP contribution is -2.20. The van der Waals surface area contributed by atoms with E-state index in [-0.39, 0.29) is 21.8 Å². The summed E-state index contributed by atoms with van der Waals surface area (Å²) in [6.45, 7) is 3.46. The molecule has 4 aromatic rings. The maximum atomic E-state index is 12.5. The molecule has 4 N–H and O–H groups in total. The van der Waals surface area contributed by atoms with Crippen LogP contribution >= 0.6 is 11.6 Å². The molecule has 0 aliphatic carbocycles. The molecule has 2 aromatic heterocycles.